The minimum Gasteiger partial charge on any atom is -0.298 e. The van der Waals surface area contributed by atoms with E-state index >= 15 is 0 Å². The van der Waals surface area contributed by atoms with Crippen molar-refractivity contribution < 1.29 is 4.79 Å². The van der Waals surface area contributed by atoms with Crippen LogP contribution < -0.4 is 5.32 Å². The van der Waals surface area contributed by atoms with Crippen LogP contribution in [0, 0.1) is 5.92 Å². The molecular weight excluding hydrogens is 288 g/mol. The summed E-state index contributed by atoms with van der Waals surface area (Å²) in [5, 5.41) is 9.44. The molecule has 2 aromatic heterocycles. The summed E-state index contributed by atoms with van der Waals surface area (Å²) in [4.78, 5) is 16.6. The van der Waals surface area contributed by atoms with Gasteiger partial charge in [0.05, 0.1) is 0 Å². The number of thiophene rings is 1. The van der Waals surface area contributed by atoms with Crippen molar-refractivity contribution in [2.24, 2.45) is 5.92 Å². The molecule has 20 heavy (non-hydrogen) atoms. The van der Waals surface area contributed by atoms with Gasteiger partial charge < -0.3 is 0 Å². The van der Waals surface area contributed by atoms with Gasteiger partial charge in [-0.25, -0.2) is 4.98 Å². The van der Waals surface area contributed by atoms with Gasteiger partial charge in [-0.3, -0.25) is 10.1 Å². The van der Waals surface area contributed by atoms with Crippen LogP contribution in [0.3, 0.4) is 0 Å². The van der Waals surface area contributed by atoms with Gasteiger partial charge in [-0.2, -0.15) is 11.3 Å². The molecule has 1 aliphatic carbocycles. The zero-order valence-corrected chi connectivity index (χ0v) is 12.7. The predicted molar refractivity (Wildman–Crippen MR) is 85.0 cm³/mol. The van der Waals surface area contributed by atoms with Crippen molar-refractivity contribution in [3.8, 4) is 0 Å². The molecule has 0 saturated heterocycles. The molecule has 2 aromatic rings. The Balaban J connectivity index is 1.83. The number of carbonyl (C=O) groups is 1. The Bertz CT molecular complexity index is 581. The molecule has 0 unspecified atom stereocenters. The van der Waals surface area contributed by atoms with Crippen LogP contribution in [0.15, 0.2) is 34.5 Å². The fourth-order valence-corrected chi connectivity index (χ4v) is 3.71. The van der Waals surface area contributed by atoms with Gasteiger partial charge in [0, 0.05) is 17.2 Å². The van der Waals surface area contributed by atoms with Gasteiger partial charge in [-0.15, -0.1) is 11.3 Å². The van der Waals surface area contributed by atoms with Crippen LogP contribution >= 0.6 is 22.7 Å². The first-order valence-electron chi connectivity index (χ1n) is 6.78. The minimum atomic E-state index is -0.0507. The topological polar surface area (TPSA) is 42.0 Å². The molecular formula is C15H16N2OS2. The molecule has 0 radical (unpaired) electrons. The van der Waals surface area contributed by atoms with E-state index in [1.54, 1.807) is 17.5 Å². The van der Waals surface area contributed by atoms with Gasteiger partial charge in [0.1, 0.15) is 0 Å². The van der Waals surface area contributed by atoms with Crippen LogP contribution in [0.2, 0.25) is 0 Å². The fraction of sp³-hybridized carbons (Fsp3) is 0.333. The summed E-state index contributed by atoms with van der Waals surface area (Å²) in [6.45, 7) is 0. The van der Waals surface area contributed by atoms with Gasteiger partial charge in [0.2, 0.25) is 0 Å². The number of carbonyl (C=O) groups excluding carboxylic acids is 1. The first-order chi connectivity index (χ1) is 9.83. The molecule has 3 rings (SSSR count). The van der Waals surface area contributed by atoms with E-state index in [1.807, 2.05) is 22.2 Å². The van der Waals surface area contributed by atoms with Crippen molar-refractivity contribution in [2.45, 2.75) is 25.7 Å². The third-order valence-corrected chi connectivity index (χ3v) is 4.90. The largest absolute Gasteiger partial charge is 0.298 e. The molecule has 0 atom stereocenters. The van der Waals surface area contributed by atoms with E-state index in [9.17, 15) is 4.79 Å². The van der Waals surface area contributed by atoms with Crippen molar-refractivity contribution in [3.05, 3.63) is 40.0 Å². The highest BCUT2D eigenvalue weighted by Crippen LogP contribution is 2.30. The summed E-state index contributed by atoms with van der Waals surface area (Å²) in [6, 6.07) is 2.01. The quantitative estimate of drug-likeness (QED) is 0.850. The molecule has 2 heterocycles. The van der Waals surface area contributed by atoms with E-state index in [4.69, 9.17) is 0 Å². The maximum atomic E-state index is 12.5. The number of nitrogens with one attached hydrogen (secondary N) is 1. The molecule has 1 fully saturated rings. The molecule has 1 aliphatic rings. The zero-order valence-electron chi connectivity index (χ0n) is 11.0. The number of aromatic nitrogens is 1. The molecule has 0 bridgehead atoms. The van der Waals surface area contributed by atoms with Crippen molar-refractivity contribution in [1.29, 1.82) is 0 Å². The normalized spacial score (nSPS) is 16.5. The lowest BCUT2D eigenvalue weighted by Gasteiger charge is -2.09. The van der Waals surface area contributed by atoms with Crippen molar-refractivity contribution in [1.82, 2.24) is 4.98 Å². The molecule has 0 aromatic carbocycles. The van der Waals surface area contributed by atoms with Crippen LogP contribution in [0.1, 0.15) is 31.2 Å². The van der Waals surface area contributed by atoms with Crippen molar-refractivity contribution in [3.63, 3.8) is 0 Å². The van der Waals surface area contributed by atoms with Crippen LogP contribution in [-0.2, 0) is 4.79 Å². The SMILES string of the molecule is O=C(Nc1nccs1)/C(=C\C1CCCC1)c1ccsc1. The van der Waals surface area contributed by atoms with Gasteiger partial charge >= 0.3 is 0 Å². The number of hydrogen-bond donors (Lipinski definition) is 1. The van der Waals surface area contributed by atoms with Gasteiger partial charge in [-0.05, 0) is 41.1 Å². The second kappa shape index (κ2) is 6.33. The average Bonchev–Trinajstić information content (AvgIpc) is 3.19. The highest BCUT2D eigenvalue weighted by molar-refractivity contribution is 7.13. The number of nitrogens with zero attached hydrogens (tertiary/aromatic N) is 1. The van der Waals surface area contributed by atoms with Crippen molar-refractivity contribution in [2.75, 3.05) is 5.32 Å². The highest BCUT2D eigenvalue weighted by atomic mass is 32.1. The number of anilines is 1. The molecule has 0 aliphatic heterocycles. The van der Waals surface area contributed by atoms with Crippen LogP contribution in [0.25, 0.3) is 5.57 Å². The Morgan fingerprint density at radius 1 is 1.35 bits per heavy atom. The zero-order chi connectivity index (χ0) is 13.8. The number of allylic oxidation sites excluding steroid dienone is 1. The molecule has 1 saturated carbocycles. The van der Waals surface area contributed by atoms with Crippen LogP contribution in [-0.4, -0.2) is 10.9 Å². The molecule has 5 heteroatoms. The molecule has 104 valence electrons. The van der Waals surface area contributed by atoms with E-state index < -0.39 is 0 Å². The Hall–Kier alpha value is -1.46. The lowest BCUT2D eigenvalue weighted by molar-refractivity contribution is -0.111. The van der Waals surface area contributed by atoms with Gasteiger partial charge in [0.25, 0.3) is 5.91 Å². The van der Waals surface area contributed by atoms with Crippen molar-refractivity contribution >= 4 is 39.3 Å². The lowest BCUT2D eigenvalue weighted by atomic mass is 10.00. The average molecular weight is 304 g/mol. The smallest absolute Gasteiger partial charge is 0.257 e. The fourth-order valence-electron chi connectivity index (χ4n) is 2.53. The summed E-state index contributed by atoms with van der Waals surface area (Å²) < 4.78 is 0. The third kappa shape index (κ3) is 3.16. The Kier molecular flexibility index (Phi) is 4.28. The maximum Gasteiger partial charge on any atom is 0.257 e. The minimum absolute atomic E-state index is 0.0507. The van der Waals surface area contributed by atoms with E-state index in [0.29, 0.717) is 11.0 Å². The molecule has 1 N–H and O–H groups in total. The number of amides is 1. The molecule has 1 amide bonds. The molecule has 0 spiro atoms. The highest BCUT2D eigenvalue weighted by Gasteiger charge is 2.19. The third-order valence-electron chi connectivity index (χ3n) is 3.53. The van der Waals surface area contributed by atoms with Gasteiger partial charge in [0.15, 0.2) is 5.13 Å². The van der Waals surface area contributed by atoms with E-state index in [2.05, 4.69) is 16.4 Å². The lowest BCUT2D eigenvalue weighted by Crippen LogP contribution is -2.14. The van der Waals surface area contributed by atoms with Crippen LogP contribution in [0.5, 0.6) is 0 Å². The second-order valence-electron chi connectivity index (χ2n) is 4.93. The summed E-state index contributed by atoms with van der Waals surface area (Å²) in [7, 11) is 0. The summed E-state index contributed by atoms with van der Waals surface area (Å²) in [6.07, 6.45) is 8.78. The monoisotopic (exact) mass is 304 g/mol. The summed E-state index contributed by atoms with van der Waals surface area (Å²) >= 11 is 3.06. The van der Waals surface area contributed by atoms with E-state index in [1.165, 1.54) is 37.0 Å². The molecule has 3 nitrogen and oxygen atoms in total. The van der Waals surface area contributed by atoms with Gasteiger partial charge in [-0.1, -0.05) is 18.9 Å². The second-order valence-corrected chi connectivity index (χ2v) is 6.60. The number of hydrogen-bond acceptors (Lipinski definition) is 4. The Morgan fingerprint density at radius 3 is 2.85 bits per heavy atom. The van der Waals surface area contributed by atoms with E-state index in [-0.39, 0.29) is 5.91 Å². The summed E-state index contributed by atoms with van der Waals surface area (Å²) in [5.41, 5.74) is 1.80. The first-order valence-corrected chi connectivity index (χ1v) is 8.60. The number of thiazole rings is 1. The maximum absolute atomic E-state index is 12.5. The summed E-state index contributed by atoms with van der Waals surface area (Å²) in [5.74, 6) is 0.484. The van der Waals surface area contributed by atoms with Crippen LogP contribution in [0.4, 0.5) is 5.13 Å². The standard InChI is InChI=1S/C15H16N2OS2/c18-14(17-15-16-6-8-20-15)13(12-5-7-19-10-12)9-11-3-1-2-4-11/h5-11H,1-4H2,(H,16,17,18)/b13-9-. The predicted octanol–water partition coefficient (Wildman–Crippen LogP) is 4.42. The Labute approximate surface area is 126 Å². The Morgan fingerprint density at radius 2 is 2.20 bits per heavy atom. The number of rotatable bonds is 4. The van der Waals surface area contributed by atoms with E-state index in [0.717, 1.165) is 11.1 Å². The first kappa shape index (κ1) is 13.5.